The third-order valence-electron chi connectivity index (χ3n) is 4.61. The van der Waals surface area contributed by atoms with E-state index in [1.165, 1.54) is 29.3 Å². The molecule has 2 atom stereocenters. The fourth-order valence-corrected chi connectivity index (χ4v) is 4.13. The Morgan fingerprint density at radius 2 is 2.11 bits per heavy atom. The van der Waals surface area contributed by atoms with Gasteiger partial charge in [-0.1, -0.05) is 61.3 Å². The molecule has 1 N–H and O–H groups in total. The van der Waals surface area contributed by atoms with E-state index in [1.807, 2.05) is 0 Å². The third kappa shape index (κ3) is 3.22. The molecule has 1 fully saturated rings. The summed E-state index contributed by atoms with van der Waals surface area (Å²) in [7, 11) is 0. The molecule has 0 amide bonds. The number of benzene rings is 1. The Bertz CT molecular complexity index is 415. The van der Waals surface area contributed by atoms with Gasteiger partial charge in [-0.25, -0.2) is 0 Å². The van der Waals surface area contributed by atoms with E-state index in [4.69, 9.17) is 0 Å². The van der Waals surface area contributed by atoms with Gasteiger partial charge in [-0.15, -0.1) is 0 Å². The number of halogens is 1. The zero-order valence-electron chi connectivity index (χ0n) is 12.4. The second-order valence-corrected chi connectivity index (χ2v) is 7.31. The van der Waals surface area contributed by atoms with Gasteiger partial charge in [0.1, 0.15) is 0 Å². The molecule has 0 bridgehead atoms. The summed E-state index contributed by atoms with van der Waals surface area (Å²) in [4.78, 5) is 0. The molecule has 1 nitrogen and oxygen atoms in total. The fraction of sp³-hybridized carbons (Fsp3) is 0.647. The lowest BCUT2D eigenvalue weighted by molar-refractivity contribution is 0.310. The average molecular weight is 324 g/mol. The summed E-state index contributed by atoms with van der Waals surface area (Å²) in [6.07, 6.45) is 4.01. The van der Waals surface area contributed by atoms with Gasteiger partial charge in [0, 0.05) is 16.4 Å². The molecule has 0 aromatic heterocycles. The van der Waals surface area contributed by atoms with E-state index < -0.39 is 0 Å². The summed E-state index contributed by atoms with van der Waals surface area (Å²) in [6.45, 7) is 9.18. The van der Waals surface area contributed by atoms with E-state index >= 15 is 0 Å². The van der Waals surface area contributed by atoms with E-state index in [1.54, 1.807) is 0 Å². The predicted molar refractivity (Wildman–Crippen MR) is 86.5 cm³/mol. The van der Waals surface area contributed by atoms with E-state index in [0.29, 0.717) is 11.3 Å². The minimum absolute atomic E-state index is 0.314. The van der Waals surface area contributed by atoms with Gasteiger partial charge in [0.25, 0.3) is 0 Å². The van der Waals surface area contributed by atoms with Crippen LogP contribution in [0.5, 0.6) is 0 Å². The van der Waals surface area contributed by atoms with Crippen LogP contribution in [0.4, 0.5) is 0 Å². The predicted octanol–water partition coefficient (Wildman–Crippen LogP) is 4.75. The Kier molecular flexibility index (Phi) is 5.08. The van der Waals surface area contributed by atoms with Gasteiger partial charge in [0.15, 0.2) is 0 Å². The SMILES string of the molecule is CC(C)CNCC1(c2ccccc2Br)CCCC1C. The van der Waals surface area contributed by atoms with Gasteiger partial charge in [-0.2, -0.15) is 0 Å². The maximum atomic E-state index is 3.76. The molecule has 0 spiro atoms. The molecular formula is C17H26BrN. The van der Waals surface area contributed by atoms with Gasteiger partial charge < -0.3 is 5.32 Å². The molecule has 19 heavy (non-hydrogen) atoms. The molecule has 0 heterocycles. The standard InChI is InChI=1S/C17H26BrN/c1-13(2)11-19-12-17(10-6-7-14(17)3)15-8-4-5-9-16(15)18/h4-5,8-9,13-14,19H,6-7,10-12H2,1-3H3. The van der Waals surface area contributed by atoms with E-state index in [9.17, 15) is 0 Å². The normalized spacial score (nSPS) is 27.1. The summed E-state index contributed by atoms with van der Waals surface area (Å²) in [5.74, 6) is 1.47. The van der Waals surface area contributed by atoms with Crippen molar-refractivity contribution in [2.24, 2.45) is 11.8 Å². The maximum absolute atomic E-state index is 3.76. The van der Waals surface area contributed by atoms with E-state index in [-0.39, 0.29) is 0 Å². The van der Waals surface area contributed by atoms with Crippen LogP contribution in [0.3, 0.4) is 0 Å². The summed E-state index contributed by atoms with van der Waals surface area (Å²) in [5.41, 5.74) is 1.81. The molecule has 1 aliphatic carbocycles. The van der Waals surface area contributed by atoms with Crippen molar-refractivity contribution in [3.05, 3.63) is 34.3 Å². The number of nitrogens with one attached hydrogen (secondary N) is 1. The van der Waals surface area contributed by atoms with Crippen LogP contribution < -0.4 is 5.32 Å². The largest absolute Gasteiger partial charge is 0.316 e. The van der Waals surface area contributed by atoms with Gasteiger partial charge >= 0.3 is 0 Å². The Balaban J connectivity index is 2.23. The third-order valence-corrected chi connectivity index (χ3v) is 5.30. The first-order chi connectivity index (χ1) is 9.06. The molecule has 2 heteroatoms. The van der Waals surface area contributed by atoms with Crippen molar-refractivity contribution >= 4 is 15.9 Å². The van der Waals surface area contributed by atoms with Crippen LogP contribution in [-0.2, 0) is 5.41 Å². The van der Waals surface area contributed by atoms with Gasteiger partial charge in [-0.3, -0.25) is 0 Å². The van der Waals surface area contributed by atoms with Crippen LogP contribution in [0, 0.1) is 11.8 Å². The fourth-order valence-electron chi connectivity index (χ4n) is 3.45. The van der Waals surface area contributed by atoms with Crippen LogP contribution in [0.25, 0.3) is 0 Å². The van der Waals surface area contributed by atoms with Crippen molar-refractivity contribution in [3.63, 3.8) is 0 Å². The highest BCUT2D eigenvalue weighted by molar-refractivity contribution is 9.10. The molecule has 106 valence electrons. The average Bonchev–Trinajstić information content (AvgIpc) is 2.72. The first-order valence-corrected chi connectivity index (χ1v) is 8.31. The zero-order valence-corrected chi connectivity index (χ0v) is 14.0. The molecule has 1 aromatic rings. The van der Waals surface area contributed by atoms with E-state index in [0.717, 1.165) is 19.0 Å². The number of hydrogen-bond donors (Lipinski definition) is 1. The van der Waals surface area contributed by atoms with Crippen LogP contribution in [0.1, 0.15) is 45.6 Å². The second-order valence-electron chi connectivity index (χ2n) is 6.45. The van der Waals surface area contributed by atoms with Crippen molar-refractivity contribution < 1.29 is 0 Å². The molecule has 2 unspecified atom stereocenters. The molecular weight excluding hydrogens is 298 g/mol. The van der Waals surface area contributed by atoms with Crippen LogP contribution in [0.15, 0.2) is 28.7 Å². The molecule has 0 radical (unpaired) electrons. The minimum Gasteiger partial charge on any atom is -0.316 e. The summed E-state index contributed by atoms with van der Waals surface area (Å²) >= 11 is 3.76. The lowest BCUT2D eigenvalue weighted by atomic mass is 9.73. The Morgan fingerprint density at radius 3 is 2.68 bits per heavy atom. The molecule has 0 saturated heterocycles. The molecule has 2 rings (SSSR count). The molecule has 1 saturated carbocycles. The maximum Gasteiger partial charge on any atom is 0.0213 e. The van der Waals surface area contributed by atoms with Crippen molar-refractivity contribution in [2.75, 3.05) is 13.1 Å². The number of rotatable bonds is 5. The molecule has 1 aliphatic rings. The van der Waals surface area contributed by atoms with Crippen LogP contribution >= 0.6 is 15.9 Å². The van der Waals surface area contributed by atoms with Gasteiger partial charge in [0.05, 0.1) is 0 Å². The first kappa shape index (κ1) is 15.1. The summed E-state index contributed by atoms with van der Waals surface area (Å²) in [5, 5.41) is 3.70. The van der Waals surface area contributed by atoms with Crippen molar-refractivity contribution in [3.8, 4) is 0 Å². The van der Waals surface area contributed by atoms with E-state index in [2.05, 4.69) is 66.3 Å². The smallest absolute Gasteiger partial charge is 0.0213 e. The van der Waals surface area contributed by atoms with Gasteiger partial charge in [0.2, 0.25) is 0 Å². The molecule has 1 aromatic carbocycles. The quantitative estimate of drug-likeness (QED) is 0.824. The highest BCUT2D eigenvalue weighted by Gasteiger charge is 2.42. The topological polar surface area (TPSA) is 12.0 Å². The Labute approximate surface area is 126 Å². The van der Waals surface area contributed by atoms with Crippen molar-refractivity contribution in [1.29, 1.82) is 0 Å². The lowest BCUT2D eigenvalue weighted by Crippen LogP contribution is -2.41. The summed E-state index contributed by atoms with van der Waals surface area (Å²) < 4.78 is 1.27. The van der Waals surface area contributed by atoms with Crippen molar-refractivity contribution in [1.82, 2.24) is 5.32 Å². The monoisotopic (exact) mass is 323 g/mol. The van der Waals surface area contributed by atoms with Gasteiger partial charge in [-0.05, 0) is 42.9 Å². The lowest BCUT2D eigenvalue weighted by Gasteiger charge is -2.36. The Hall–Kier alpha value is -0.340. The Morgan fingerprint density at radius 1 is 1.37 bits per heavy atom. The summed E-state index contributed by atoms with van der Waals surface area (Å²) in [6, 6.07) is 8.78. The zero-order chi connectivity index (χ0) is 13.9. The van der Waals surface area contributed by atoms with Crippen LogP contribution in [-0.4, -0.2) is 13.1 Å². The van der Waals surface area contributed by atoms with Crippen molar-refractivity contribution in [2.45, 2.75) is 45.4 Å². The molecule has 0 aliphatic heterocycles. The highest BCUT2D eigenvalue weighted by Crippen LogP contribution is 2.47. The second kappa shape index (κ2) is 6.41. The van der Waals surface area contributed by atoms with Crippen LogP contribution in [0.2, 0.25) is 0 Å². The minimum atomic E-state index is 0.314. The number of hydrogen-bond acceptors (Lipinski definition) is 1. The highest BCUT2D eigenvalue weighted by atomic mass is 79.9. The first-order valence-electron chi connectivity index (χ1n) is 7.52.